The van der Waals surface area contributed by atoms with Crippen LogP contribution in [0.5, 0.6) is 0 Å². The van der Waals surface area contributed by atoms with E-state index < -0.39 is 5.97 Å². The summed E-state index contributed by atoms with van der Waals surface area (Å²) in [7, 11) is 4.97. The van der Waals surface area contributed by atoms with Crippen LogP contribution in [0.15, 0.2) is 30.6 Å². The molecule has 0 aliphatic rings. The minimum Gasteiger partial charge on any atom is -0.465 e. The van der Waals surface area contributed by atoms with Gasteiger partial charge in [0.25, 0.3) is 5.91 Å². The minimum atomic E-state index is -0.583. The van der Waals surface area contributed by atoms with Gasteiger partial charge >= 0.3 is 5.97 Å². The molecule has 0 saturated heterocycles. The monoisotopic (exact) mass is 396 g/mol. The molecule has 0 bridgehead atoms. The zero-order chi connectivity index (χ0) is 21.1. The van der Waals surface area contributed by atoms with Gasteiger partial charge in [-0.25, -0.2) is 4.79 Å². The van der Waals surface area contributed by atoms with E-state index in [1.165, 1.54) is 25.6 Å². The molecule has 0 atom stereocenters. The highest BCUT2D eigenvalue weighted by molar-refractivity contribution is 6.05. The van der Waals surface area contributed by atoms with E-state index in [9.17, 15) is 9.59 Å². The molecule has 0 N–H and O–H groups in total. The van der Waals surface area contributed by atoms with Crippen molar-refractivity contribution in [3.8, 4) is 0 Å². The first-order valence-corrected chi connectivity index (χ1v) is 9.10. The van der Waals surface area contributed by atoms with Gasteiger partial charge in [-0.3, -0.25) is 19.1 Å². The van der Waals surface area contributed by atoms with E-state index in [4.69, 9.17) is 4.74 Å². The highest BCUT2D eigenvalue weighted by Gasteiger charge is 2.25. The lowest BCUT2D eigenvalue weighted by atomic mass is 10.1. The fourth-order valence-electron chi connectivity index (χ4n) is 3.14. The number of rotatable bonds is 6. The third-order valence-electron chi connectivity index (χ3n) is 4.71. The highest BCUT2D eigenvalue weighted by Crippen LogP contribution is 2.17. The molecule has 0 radical (unpaired) electrons. The molecule has 3 heterocycles. The Morgan fingerprint density at radius 1 is 1.07 bits per heavy atom. The van der Waals surface area contributed by atoms with Crippen molar-refractivity contribution >= 4 is 11.9 Å². The average Bonchev–Trinajstić information content (AvgIpc) is 3.19. The number of pyridine rings is 1. The summed E-state index contributed by atoms with van der Waals surface area (Å²) in [6.07, 6.45) is 2.85. The Hall–Kier alpha value is -3.49. The Balaban J connectivity index is 1.99. The predicted molar refractivity (Wildman–Crippen MR) is 105 cm³/mol. The molecular weight excluding hydrogens is 372 g/mol. The van der Waals surface area contributed by atoms with Crippen molar-refractivity contribution in [1.82, 2.24) is 29.4 Å². The normalized spacial score (nSPS) is 10.8. The van der Waals surface area contributed by atoms with Gasteiger partial charge in [0.05, 0.1) is 48.4 Å². The molecule has 9 heteroatoms. The lowest BCUT2D eigenvalue weighted by Gasteiger charge is -2.22. The Morgan fingerprint density at radius 3 is 2.41 bits per heavy atom. The van der Waals surface area contributed by atoms with E-state index in [1.807, 2.05) is 40.1 Å². The van der Waals surface area contributed by atoms with E-state index in [0.29, 0.717) is 6.54 Å². The van der Waals surface area contributed by atoms with E-state index in [-0.39, 0.29) is 23.6 Å². The van der Waals surface area contributed by atoms with Crippen LogP contribution in [0.3, 0.4) is 0 Å². The van der Waals surface area contributed by atoms with Crippen LogP contribution in [-0.2, 0) is 31.9 Å². The van der Waals surface area contributed by atoms with Gasteiger partial charge in [0.15, 0.2) is 0 Å². The van der Waals surface area contributed by atoms with Crippen LogP contribution in [0.4, 0.5) is 0 Å². The van der Waals surface area contributed by atoms with Crippen molar-refractivity contribution in [2.24, 2.45) is 14.1 Å². The summed E-state index contributed by atoms with van der Waals surface area (Å²) in [5.74, 6) is -0.915. The van der Waals surface area contributed by atoms with Gasteiger partial charge in [-0.2, -0.15) is 10.2 Å². The lowest BCUT2D eigenvalue weighted by molar-refractivity contribution is 0.0587. The average molecular weight is 396 g/mol. The number of hydrogen-bond donors (Lipinski definition) is 0. The molecule has 0 unspecified atom stereocenters. The number of amides is 1. The fraction of sp³-hybridized carbons (Fsp3) is 0.350. The lowest BCUT2D eigenvalue weighted by Crippen LogP contribution is -2.32. The molecule has 29 heavy (non-hydrogen) atoms. The Kier molecular flexibility index (Phi) is 5.76. The van der Waals surface area contributed by atoms with Gasteiger partial charge in [-0.15, -0.1) is 0 Å². The molecule has 3 aromatic rings. The molecule has 152 valence electrons. The van der Waals surface area contributed by atoms with Crippen molar-refractivity contribution < 1.29 is 14.3 Å². The molecule has 0 aliphatic heterocycles. The van der Waals surface area contributed by atoms with Gasteiger partial charge in [0, 0.05) is 32.2 Å². The number of nitrogens with zero attached hydrogens (tertiary/aromatic N) is 6. The maximum absolute atomic E-state index is 13.4. The summed E-state index contributed by atoms with van der Waals surface area (Å²) in [4.78, 5) is 31.2. The van der Waals surface area contributed by atoms with Gasteiger partial charge in [0.2, 0.25) is 0 Å². The number of carbonyl (C=O) groups is 2. The summed E-state index contributed by atoms with van der Waals surface area (Å²) in [6.45, 7) is 4.43. The van der Waals surface area contributed by atoms with Crippen LogP contribution in [0, 0.1) is 13.8 Å². The summed E-state index contributed by atoms with van der Waals surface area (Å²) in [5, 5.41) is 8.82. The molecule has 3 rings (SSSR count). The van der Waals surface area contributed by atoms with Crippen LogP contribution in [0.1, 0.15) is 43.5 Å². The summed E-state index contributed by atoms with van der Waals surface area (Å²) < 4.78 is 8.32. The number of aromatic nitrogens is 5. The third kappa shape index (κ3) is 4.34. The Labute approximate surface area is 168 Å². The van der Waals surface area contributed by atoms with Crippen LogP contribution in [-0.4, -0.2) is 48.4 Å². The van der Waals surface area contributed by atoms with Gasteiger partial charge in [-0.05, 0) is 32.0 Å². The van der Waals surface area contributed by atoms with Crippen LogP contribution < -0.4 is 0 Å². The highest BCUT2D eigenvalue weighted by atomic mass is 16.5. The van der Waals surface area contributed by atoms with Crippen molar-refractivity contribution in [2.45, 2.75) is 26.9 Å². The van der Waals surface area contributed by atoms with Crippen LogP contribution in [0.25, 0.3) is 0 Å². The maximum Gasteiger partial charge on any atom is 0.338 e. The smallest absolute Gasteiger partial charge is 0.338 e. The summed E-state index contributed by atoms with van der Waals surface area (Å²) in [6, 6.07) is 5.34. The number of ether oxygens (including phenoxy) is 1. The van der Waals surface area contributed by atoms with E-state index in [0.717, 1.165) is 22.8 Å². The summed E-state index contributed by atoms with van der Waals surface area (Å²) >= 11 is 0. The molecule has 0 aliphatic carbocycles. The molecular formula is C20H24N6O3. The van der Waals surface area contributed by atoms with Gasteiger partial charge < -0.3 is 9.64 Å². The SMILES string of the molecule is COC(=O)c1ccncc1C(=O)N(Cc1cc(C)n(C)n1)Cc1cc(C)nn1C. The Bertz CT molecular complexity index is 1030. The quantitative estimate of drug-likeness (QED) is 0.590. The number of hydrogen-bond acceptors (Lipinski definition) is 6. The molecule has 9 nitrogen and oxygen atoms in total. The first-order valence-electron chi connectivity index (χ1n) is 9.10. The number of aryl methyl sites for hydroxylation is 4. The second-order valence-electron chi connectivity index (χ2n) is 6.88. The van der Waals surface area contributed by atoms with Crippen LogP contribution in [0.2, 0.25) is 0 Å². The molecule has 0 aromatic carbocycles. The first-order chi connectivity index (χ1) is 13.8. The first kappa shape index (κ1) is 20.2. The second kappa shape index (κ2) is 8.26. The van der Waals surface area contributed by atoms with Crippen molar-refractivity contribution in [3.05, 3.63) is 64.5 Å². The molecule has 0 saturated carbocycles. The fourth-order valence-corrected chi connectivity index (χ4v) is 3.14. The van der Waals surface area contributed by atoms with E-state index in [1.54, 1.807) is 14.3 Å². The van der Waals surface area contributed by atoms with Gasteiger partial charge in [0.1, 0.15) is 0 Å². The zero-order valence-electron chi connectivity index (χ0n) is 17.2. The molecule has 0 fully saturated rings. The third-order valence-corrected chi connectivity index (χ3v) is 4.71. The second-order valence-corrected chi connectivity index (χ2v) is 6.88. The number of methoxy groups -OCH3 is 1. The topological polar surface area (TPSA) is 95.1 Å². The zero-order valence-corrected chi connectivity index (χ0v) is 17.2. The van der Waals surface area contributed by atoms with Gasteiger partial charge in [-0.1, -0.05) is 0 Å². The van der Waals surface area contributed by atoms with Crippen LogP contribution >= 0.6 is 0 Å². The number of esters is 1. The van der Waals surface area contributed by atoms with Crippen molar-refractivity contribution in [3.63, 3.8) is 0 Å². The van der Waals surface area contributed by atoms with E-state index in [2.05, 4.69) is 15.2 Å². The number of carbonyl (C=O) groups excluding carboxylic acids is 2. The molecule has 0 spiro atoms. The maximum atomic E-state index is 13.4. The molecule has 3 aromatic heterocycles. The van der Waals surface area contributed by atoms with Crippen molar-refractivity contribution in [2.75, 3.05) is 7.11 Å². The summed E-state index contributed by atoms with van der Waals surface area (Å²) in [5.41, 5.74) is 3.83. The predicted octanol–water partition coefficient (Wildman–Crippen LogP) is 1.79. The largest absolute Gasteiger partial charge is 0.465 e. The van der Waals surface area contributed by atoms with Crippen molar-refractivity contribution in [1.29, 1.82) is 0 Å². The molecule has 1 amide bonds. The minimum absolute atomic E-state index is 0.177. The standard InChI is InChI=1S/C20H24N6O3/c1-13-8-16(25(4)22-13)12-26(11-15-9-14(2)24(3)23-15)19(27)18-10-21-7-6-17(18)20(28)29-5/h6-10H,11-12H2,1-5H3. The van der Waals surface area contributed by atoms with E-state index >= 15 is 0 Å². The Morgan fingerprint density at radius 2 is 1.83 bits per heavy atom.